The molecule has 1 aliphatic rings. The molecular weight excluding hydrogens is 383 g/mol. The second kappa shape index (κ2) is 7.75. The Morgan fingerprint density at radius 3 is 2.62 bits per heavy atom. The molecule has 9 nitrogen and oxygen atoms in total. The Bertz CT molecular complexity index is 722. The minimum atomic E-state index is -3.83. The molecule has 2 unspecified atom stereocenters. The van der Waals surface area contributed by atoms with E-state index in [1.165, 1.54) is 7.05 Å². The lowest BCUT2D eigenvalue weighted by Crippen LogP contribution is -2.40. The van der Waals surface area contributed by atoms with E-state index in [2.05, 4.69) is 5.32 Å². The van der Waals surface area contributed by atoms with E-state index in [0.29, 0.717) is 17.7 Å². The molecule has 0 saturated carbocycles. The molecule has 0 saturated heterocycles. The molecule has 146 valence electrons. The third-order valence-corrected chi connectivity index (χ3v) is 7.92. The Hall–Kier alpha value is -1.29. The van der Waals surface area contributed by atoms with Crippen molar-refractivity contribution in [3.8, 4) is 5.75 Å². The molecule has 26 heavy (non-hydrogen) atoms. The number of amides is 1. The van der Waals surface area contributed by atoms with Gasteiger partial charge in [0.15, 0.2) is 0 Å². The molecule has 2 atom stereocenters. The Morgan fingerprint density at radius 1 is 1.46 bits per heavy atom. The monoisotopic (exact) mass is 406 g/mol. The molecule has 0 bridgehead atoms. The van der Waals surface area contributed by atoms with Gasteiger partial charge in [-0.1, -0.05) is 12.1 Å². The number of carboxylic acid groups (broad SMARTS) is 1. The number of hydrogen-bond acceptors (Lipinski definition) is 6. The minimum absolute atomic E-state index is 0.388. The fourth-order valence-electron chi connectivity index (χ4n) is 2.75. The molecule has 2 rings (SSSR count). The molecule has 1 aliphatic heterocycles. The van der Waals surface area contributed by atoms with Crippen LogP contribution in [-0.2, 0) is 31.4 Å². The number of fused-ring (bicyclic) bond motifs is 1. The fourth-order valence-corrected chi connectivity index (χ4v) is 5.74. The summed E-state index contributed by atoms with van der Waals surface area (Å²) in [7, 11) is -0.247. The lowest BCUT2D eigenvalue weighted by molar-refractivity contribution is 0.137. The summed E-state index contributed by atoms with van der Waals surface area (Å²) < 4.78 is 42.1. The van der Waals surface area contributed by atoms with Gasteiger partial charge in [0, 0.05) is 27.7 Å². The van der Waals surface area contributed by atoms with Gasteiger partial charge in [0.05, 0.1) is 16.9 Å². The summed E-state index contributed by atoms with van der Waals surface area (Å²) >= 11 is -2.11. The van der Waals surface area contributed by atoms with Gasteiger partial charge in [0.2, 0.25) is 5.37 Å². The van der Waals surface area contributed by atoms with Gasteiger partial charge in [0.1, 0.15) is 11.4 Å². The van der Waals surface area contributed by atoms with Gasteiger partial charge >= 0.3 is 13.8 Å². The summed E-state index contributed by atoms with van der Waals surface area (Å²) in [5.41, 5.74) is 0.805. The Labute approximate surface area is 155 Å². The van der Waals surface area contributed by atoms with Crippen molar-refractivity contribution in [2.75, 3.05) is 21.3 Å². The van der Waals surface area contributed by atoms with Gasteiger partial charge in [0.25, 0.3) is 0 Å². The molecule has 1 aromatic rings. The van der Waals surface area contributed by atoms with Gasteiger partial charge in [-0.05, 0) is 29.6 Å². The van der Waals surface area contributed by atoms with Crippen molar-refractivity contribution in [1.29, 1.82) is 0 Å². The van der Waals surface area contributed by atoms with E-state index in [-0.39, 0.29) is 0 Å². The van der Waals surface area contributed by atoms with Gasteiger partial charge in [-0.15, -0.1) is 0 Å². The summed E-state index contributed by atoms with van der Waals surface area (Å²) in [4.78, 5) is 11.3. The molecule has 0 fully saturated rings. The molecule has 0 radical (unpaired) electrons. The molecule has 1 amide bonds. The first-order valence-corrected chi connectivity index (χ1v) is 10.4. The van der Waals surface area contributed by atoms with Crippen molar-refractivity contribution in [3.05, 3.63) is 29.3 Å². The van der Waals surface area contributed by atoms with Crippen LogP contribution in [0.5, 0.6) is 5.75 Å². The van der Waals surface area contributed by atoms with E-state index < -0.39 is 36.2 Å². The third-order valence-electron chi connectivity index (χ3n) is 3.93. The highest BCUT2D eigenvalue weighted by Crippen LogP contribution is 2.53. The van der Waals surface area contributed by atoms with E-state index in [9.17, 15) is 19.0 Å². The van der Waals surface area contributed by atoms with Crippen LogP contribution in [0.2, 0.25) is 0 Å². The van der Waals surface area contributed by atoms with Crippen LogP contribution in [-0.4, -0.2) is 46.7 Å². The van der Waals surface area contributed by atoms with Crippen LogP contribution < -0.4 is 10.1 Å². The fraction of sp³-hybridized carbons (Fsp3) is 0.533. The van der Waals surface area contributed by atoms with Crippen LogP contribution in [0, 0.1) is 0 Å². The Morgan fingerprint density at radius 2 is 2.08 bits per heavy atom. The van der Waals surface area contributed by atoms with Crippen molar-refractivity contribution >= 4 is 25.2 Å². The normalized spacial score (nSPS) is 18.1. The largest absolute Gasteiger partial charge is 0.595 e. The number of nitrogens with one attached hydrogen (secondary N) is 1. The van der Waals surface area contributed by atoms with E-state index in [4.69, 9.17) is 13.8 Å². The number of benzene rings is 1. The highest BCUT2D eigenvalue weighted by Gasteiger charge is 2.45. The van der Waals surface area contributed by atoms with Crippen molar-refractivity contribution in [1.82, 2.24) is 9.39 Å². The summed E-state index contributed by atoms with van der Waals surface area (Å²) in [5, 5.41) is 10.2. The molecule has 1 aromatic carbocycles. The van der Waals surface area contributed by atoms with E-state index in [1.54, 1.807) is 12.1 Å². The first kappa shape index (κ1) is 21.0. The first-order chi connectivity index (χ1) is 12.0. The van der Waals surface area contributed by atoms with Crippen molar-refractivity contribution in [2.45, 2.75) is 31.2 Å². The zero-order chi connectivity index (χ0) is 19.7. The number of ether oxygens (including phenoxy) is 1. The molecule has 11 heteroatoms. The maximum absolute atomic E-state index is 13.0. The molecule has 0 aliphatic carbocycles. The number of rotatable bonds is 7. The first-order valence-electron chi connectivity index (χ1n) is 7.71. The van der Waals surface area contributed by atoms with E-state index >= 15 is 0 Å². The summed E-state index contributed by atoms with van der Waals surface area (Å²) in [5.74, 6) is 0.475. The number of carbonyl (C=O) groups is 1. The zero-order valence-corrected chi connectivity index (χ0v) is 16.9. The average Bonchev–Trinajstić information content (AvgIpc) is 2.91. The molecule has 2 N–H and O–H groups in total. The van der Waals surface area contributed by atoms with Crippen LogP contribution in [0.15, 0.2) is 18.2 Å². The van der Waals surface area contributed by atoms with E-state index in [1.807, 2.05) is 19.9 Å². The number of para-hydroxylation sites is 1. The van der Waals surface area contributed by atoms with Crippen LogP contribution in [0.1, 0.15) is 30.3 Å². The quantitative estimate of drug-likeness (QED) is 0.524. The molecule has 1 heterocycles. The summed E-state index contributed by atoms with van der Waals surface area (Å²) in [6.07, 6.45) is -0.746. The van der Waals surface area contributed by atoms with Gasteiger partial charge < -0.3 is 14.4 Å². The molecular formula is C15H23N2O7PS. The number of hydrogen-bond donors (Lipinski definition) is 2. The van der Waals surface area contributed by atoms with Crippen molar-refractivity contribution < 1.29 is 32.8 Å². The van der Waals surface area contributed by atoms with Gasteiger partial charge in [-0.2, -0.15) is 0 Å². The maximum Gasteiger partial charge on any atom is 0.448 e. The molecule has 0 aromatic heterocycles. The van der Waals surface area contributed by atoms with Crippen LogP contribution in [0.3, 0.4) is 0 Å². The smallest absolute Gasteiger partial charge is 0.448 e. The molecule has 0 spiro atoms. The standard InChI is InChI=1S/C15H23N2O7PS/c1-15(2)9-10-7-6-8-11(12(10)24-15)13(16-14(18)19)26(21)17(3)25(20,22-4)23-5/h6-8,13,16H,9H2,1-5H3,(H,18,19). The van der Waals surface area contributed by atoms with Crippen molar-refractivity contribution in [3.63, 3.8) is 0 Å². The van der Waals surface area contributed by atoms with E-state index in [0.717, 1.165) is 23.9 Å². The van der Waals surface area contributed by atoms with Gasteiger partial charge in [-0.25, -0.2) is 9.36 Å². The second-order valence-corrected chi connectivity index (χ2v) is 10.4. The van der Waals surface area contributed by atoms with Gasteiger partial charge in [-0.3, -0.25) is 14.4 Å². The second-order valence-electron chi connectivity index (χ2n) is 6.28. The van der Waals surface area contributed by atoms with Crippen LogP contribution >= 0.6 is 7.75 Å². The highest BCUT2D eigenvalue weighted by molar-refractivity contribution is 7.94. The van der Waals surface area contributed by atoms with Crippen molar-refractivity contribution in [2.24, 2.45) is 0 Å². The Balaban J connectivity index is 2.46. The topological polar surface area (TPSA) is 120 Å². The predicted octanol–water partition coefficient (Wildman–Crippen LogP) is 2.66. The average molecular weight is 406 g/mol. The number of nitrogens with zero attached hydrogens (tertiary/aromatic N) is 1. The highest BCUT2D eigenvalue weighted by atomic mass is 32.2. The summed E-state index contributed by atoms with van der Waals surface area (Å²) in [6, 6.07) is 5.23. The lowest BCUT2D eigenvalue weighted by atomic mass is 10.0. The SMILES string of the molecule is COP(=O)(OC)N(C)[S+]([O-])C(NC(=O)O)c1cccc2c1OC(C)(C)C2. The Kier molecular flexibility index (Phi) is 6.27. The minimum Gasteiger partial charge on any atom is -0.595 e. The lowest BCUT2D eigenvalue weighted by Gasteiger charge is -2.30. The van der Waals surface area contributed by atoms with Crippen LogP contribution in [0.4, 0.5) is 4.79 Å². The zero-order valence-electron chi connectivity index (χ0n) is 15.2. The third kappa shape index (κ3) is 4.16. The predicted molar refractivity (Wildman–Crippen MR) is 96.3 cm³/mol. The maximum atomic E-state index is 13.0. The summed E-state index contributed by atoms with van der Waals surface area (Å²) in [6.45, 7) is 3.81. The van der Waals surface area contributed by atoms with Crippen LogP contribution in [0.25, 0.3) is 0 Å².